The fourth-order valence-corrected chi connectivity index (χ4v) is 3.91. The Balaban J connectivity index is 2.13. The van der Waals surface area contributed by atoms with E-state index in [1.165, 1.54) is 26.2 Å². The van der Waals surface area contributed by atoms with E-state index in [9.17, 15) is 13.2 Å². The van der Waals surface area contributed by atoms with Crippen molar-refractivity contribution in [2.24, 2.45) is 0 Å². The molecule has 2 aromatic rings. The first-order valence-electron chi connectivity index (χ1n) is 8.52. The topological polar surface area (TPSA) is 70.9 Å². The van der Waals surface area contributed by atoms with Crippen LogP contribution in [0.1, 0.15) is 12.5 Å². The van der Waals surface area contributed by atoms with E-state index in [1.54, 1.807) is 6.07 Å². The van der Waals surface area contributed by atoms with Crippen molar-refractivity contribution in [3.8, 4) is 0 Å². The Kier molecular flexibility index (Phi) is 7.00. The van der Waals surface area contributed by atoms with E-state index < -0.39 is 10.0 Å². The zero-order chi connectivity index (χ0) is 20.2. The Morgan fingerprint density at radius 2 is 1.81 bits per heavy atom. The molecule has 0 spiro atoms. The third-order valence-corrected chi connectivity index (χ3v) is 6.71. The molecule has 0 aliphatic carbocycles. The second-order valence-electron chi connectivity index (χ2n) is 6.65. The summed E-state index contributed by atoms with van der Waals surface area (Å²) >= 11 is 6.04. The molecule has 1 unspecified atom stereocenters. The monoisotopic (exact) mass is 410 g/mol. The Bertz CT molecular complexity index is 902. The molecule has 2 aromatic carbocycles. The van der Waals surface area contributed by atoms with Gasteiger partial charge in [0.05, 0.1) is 12.1 Å². The number of sulfonamides is 1. The van der Waals surface area contributed by atoms with Gasteiger partial charge in [0.1, 0.15) is 11.4 Å². The fraction of sp³-hybridized carbons (Fsp3) is 0.316. The molecular formula is C19H25ClN3O3S+. The second kappa shape index (κ2) is 8.84. The summed E-state index contributed by atoms with van der Waals surface area (Å²) in [5.74, 6) is -0.195. The molecule has 0 radical (unpaired) electrons. The van der Waals surface area contributed by atoms with Crippen LogP contribution in [0.3, 0.4) is 0 Å². The van der Waals surface area contributed by atoms with Crippen molar-refractivity contribution < 1.29 is 18.1 Å². The van der Waals surface area contributed by atoms with Gasteiger partial charge in [-0.1, -0.05) is 41.9 Å². The first-order valence-corrected chi connectivity index (χ1v) is 10.3. The molecule has 0 bridgehead atoms. The maximum Gasteiger partial charge on any atom is 0.282 e. The summed E-state index contributed by atoms with van der Waals surface area (Å²) in [5.41, 5.74) is 1.53. The number of hydrogen-bond donors (Lipinski definition) is 2. The molecule has 0 aliphatic rings. The van der Waals surface area contributed by atoms with Crippen LogP contribution in [-0.4, -0.2) is 45.8 Å². The van der Waals surface area contributed by atoms with Crippen LogP contribution >= 0.6 is 11.6 Å². The number of carbonyl (C=O) groups excluding carboxylic acids is 1. The van der Waals surface area contributed by atoms with Gasteiger partial charge in [0, 0.05) is 25.3 Å². The lowest BCUT2D eigenvalue weighted by atomic mass is 10.2. The number of nitrogens with one attached hydrogen (secondary N) is 2. The molecule has 1 amide bonds. The molecule has 2 rings (SSSR count). The fourth-order valence-electron chi connectivity index (χ4n) is 2.52. The lowest BCUT2D eigenvalue weighted by Crippen LogP contribution is -3.12. The van der Waals surface area contributed by atoms with Crippen molar-refractivity contribution in [2.45, 2.75) is 24.4 Å². The summed E-state index contributed by atoms with van der Waals surface area (Å²) < 4.78 is 25.8. The van der Waals surface area contributed by atoms with Gasteiger partial charge in [-0.25, -0.2) is 12.7 Å². The SMILES string of the molecule is C[C@H](C(=O)Nc1ccc(Cl)c(S(=O)(=O)N(C)C)c1)[NH+](C)Cc1ccccc1. The van der Waals surface area contributed by atoms with Gasteiger partial charge in [-0.3, -0.25) is 4.79 Å². The minimum atomic E-state index is -3.70. The third-order valence-electron chi connectivity index (χ3n) is 4.42. The lowest BCUT2D eigenvalue weighted by Gasteiger charge is -2.21. The van der Waals surface area contributed by atoms with Crippen LogP contribution in [0.5, 0.6) is 0 Å². The predicted octanol–water partition coefficient (Wildman–Crippen LogP) is 1.63. The van der Waals surface area contributed by atoms with Gasteiger partial charge in [0.15, 0.2) is 6.04 Å². The van der Waals surface area contributed by atoms with E-state index in [1.807, 2.05) is 44.3 Å². The minimum Gasteiger partial charge on any atom is -0.324 e. The van der Waals surface area contributed by atoms with Crippen molar-refractivity contribution in [1.29, 1.82) is 0 Å². The summed E-state index contributed by atoms with van der Waals surface area (Å²) in [6, 6.07) is 14.0. The Labute approximate surface area is 165 Å². The van der Waals surface area contributed by atoms with E-state index in [-0.39, 0.29) is 21.9 Å². The summed E-state index contributed by atoms with van der Waals surface area (Å²) in [7, 11) is 1.11. The van der Waals surface area contributed by atoms with Crippen molar-refractivity contribution in [3.05, 3.63) is 59.1 Å². The number of anilines is 1. The first-order chi connectivity index (χ1) is 12.6. The number of hydrogen-bond acceptors (Lipinski definition) is 3. The van der Waals surface area contributed by atoms with E-state index in [2.05, 4.69) is 5.32 Å². The Hall–Kier alpha value is -1.93. The maximum atomic E-state index is 12.6. The van der Waals surface area contributed by atoms with Gasteiger partial charge in [0.2, 0.25) is 10.0 Å². The van der Waals surface area contributed by atoms with Crippen LogP contribution in [0.2, 0.25) is 5.02 Å². The van der Waals surface area contributed by atoms with Crippen molar-refractivity contribution >= 4 is 33.2 Å². The largest absolute Gasteiger partial charge is 0.324 e. The molecule has 8 heteroatoms. The van der Waals surface area contributed by atoms with Crippen molar-refractivity contribution in [1.82, 2.24) is 4.31 Å². The van der Waals surface area contributed by atoms with Crippen LogP contribution in [0, 0.1) is 0 Å². The maximum absolute atomic E-state index is 12.6. The summed E-state index contributed by atoms with van der Waals surface area (Å²) in [6.07, 6.45) is 0. The normalized spacial score (nSPS) is 14.0. The Morgan fingerprint density at radius 1 is 1.19 bits per heavy atom. The highest BCUT2D eigenvalue weighted by Crippen LogP contribution is 2.26. The molecule has 6 nitrogen and oxygen atoms in total. The highest BCUT2D eigenvalue weighted by molar-refractivity contribution is 7.89. The highest BCUT2D eigenvalue weighted by Gasteiger charge is 2.24. The van der Waals surface area contributed by atoms with Gasteiger partial charge in [-0.15, -0.1) is 0 Å². The quantitative estimate of drug-likeness (QED) is 0.728. The van der Waals surface area contributed by atoms with Gasteiger partial charge in [-0.05, 0) is 25.1 Å². The first kappa shape index (κ1) is 21.4. The molecule has 0 fully saturated rings. The highest BCUT2D eigenvalue weighted by atomic mass is 35.5. The second-order valence-corrected chi connectivity index (χ2v) is 9.18. The van der Waals surface area contributed by atoms with Crippen molar-refractivity contribution in [3.63, 3.8) is 0 Å². The van der Waals surface area contributed by atoms with Crippen molar-refractivity contribution in [2.75, 3.05) is 26.5 Å². The number of quaternary nitrogens is 1. The number of halogens is 1. The average Bonchev–Trinajstić information content (AvgIpc) is 2.63. The van der Waals surface area contributed by atoms with Crippen LogP contribution in [0.4, 0.5) is 5.69 Å². The third kappa shape index (κ3) is 5.29. The smallest absolute Gasteiger partial charge is 0.282 e. The van der Waals surface area contributed by atoms with Gasteiger partial charge in [0.25, 0.3) is 5.91 Å². The van der Waals surface area contributed by atoms with Gasteiger partial charge >= 0.3 is 0 Å². The minimum absolute atomic E-state index is 0.0374. The Morgan fingerprint density at radius 3 is 2.41 bits per heavy atom. The number of carbonyl (C=O) groups is 1. The standard InChI is InChI=1S/C19H24ClN3O3S/c1-14(23(4)13-15-8-6-5-7-9-15)19(24)21-16-10-11-17(20)18(12-16)27(25,26)22(2)3/h5-12,14H,13H2,1-4H3,(H,21,24)/p+1/t14-/m1/s1. The van der Waals surface area contributed by atoms with Gasteiger partial charge in [-0.2, -0.15) is 0 Å². The zero-order valence-electron chi connectivity index (χ0n) is 15.9. The van der Waals surface area contributed by atoms with Crippen LogP contribution in [-0.2, 0) is 21.4 Å². The van der Waals surface area contributed by atoms with E-state index in [0.717, 1.165) is 14.8 Å². The summed E-state index contributed by atoms with van der Waals surface area (Å²) in [4.78, 5) is 13.6. The number of likely N-dealkylation sites (N-methyl/N-ethyl adjacent to an activating group) is 1. The summed E-state index contributed by atoms with van der Waals surface area (Å²) in [6.45, 7) is 2.54. The van der Waals surface area contributed by atoms with Crippen LogP contribution in [0.25, 0.3) is 0 Å². The molecule has 2 atom stereocenters. The molecule has 0 heterocycles. The molecule has 0 saturated heterocycles. The number of amides is 1. The van der Waals surface area contributed by atoms with Crippen LogP contribution < -0.4 is 10.2 Å². The number of nitrogens with zero attached hydrogens (tertiary/aromatic N) is 1. The molecule has 2 N–H and O–H groups in total. The molecule has 146 valence electrons. The molecule has 0 aromatic heterocycles. The summed E-state index contributed by atoms with van der Waals surface area (Å²) in [5, 5.41) is 2.90. The predicted molar refractivity (Wildman–Crippen MR) is 107 cm³/mol. The number of benzene rings is 2. The van der Waals surface area contributed by atoms with Gasteiger partial charge < -0.3 is 10.2 Å². The number of rotatable bonds is 7. The van der Waals surface area contributed by atoms with E-state index in [4.69, 9.17) is 11.6 Å². The van der Waals surface area contributed by atoms with E-state index >= 15 is 0 Å². The zero-order valence-corrected chi connectivity index (χ0v) is 17.4. The lowest BCUT2D eigenvalue weighted by molar-refractivity contribution is -0.907. The molecular weight excluding hydrogens is 386 g/mol. The van der Waals surface area contributed by atoms with Crippen LogP contribution in [0.15, 0.2) is 53.4 Å². The molecule has 27 heavy (non-hydrogen) atoms. The average molecular weight is 411 g/mol. The molecule has 0 saturated carbocycles. The molecule has 0 aliphatic heterocycles. The van der Waals surface area contributed by atoms with E-state index in [0.29, 0.717) is 12.2 Å².